The first-order chi connectivity index (χ1) is 8.06. The van der Waals surface area contributed by atoms with Gasteiger partial charge < -0.3 is 4.42 Å². The molecule has 17 heavy (non-hydrogen) atoms. The van der Waals surface area contributed by atoms with Crippen molar-refractivity contribution in [2.24, 2.45) is 7.05 Å². The van der Waals surface area contributed by atoms with Gasteiger partial charge in [0.25, 0.3) is 0 Å². The van der Waals surface area contributed by atoms with Gasteiger partial charge >= 0.3 is 11.6 Å². The number of nitro groups is 1. The van der Waals surface area contributed by atoms with E-state index in [0.29, 0.717) is 11.6 Å². The molecule has 0 fully saturated rings. The van der Waals surface area contributed by atoms with Crippen LogP contribution >= 0.6 is 0 Å². The maximum atomic E-state index is 11.0. The number of aromatic amines is 1. The van der Waals surface area contributed by atoms with Gasteiger partial charge in [0.15, 0.2) is 5.82 Å². The Morgan fingerprint density at radius 2 is 2.29 bits per heavy atom. The number of furan rings is 1. The number of aryl methyl sites for hydroxylation is 1. The van der Waals surface area contributed by atoms with Crippen molar-refractivity contribution in [3.8, 4) is 0 Å². The van der Waals surface area contributed by atoms with Crippen molar-refractivity contribution >= 4 is 18.0 Å². The second-order valence-electron chi connectivity index (χ2n) is 3.21. The van der Waals surface area contributed by atoms with Crippen molar-refractivity contribution in [3.05, 3.63) is 44.3 Å². The lowest BCUT2D eigenvalue weighted by Crippen LogP contribution is -2.13. The molecule has 0 radical (unpaired) electrons. The van der Waals surface area contributed by atoms with Crippen LogP contribution in [0.4, 0.5) is 5.88 Å². The number of aromatic nitrogens is 3. The molecule has 0 unspecified atom stereocenters. The van der Waals surface area contributed by atoms with Gasteiger partial charge in [0, 0.05) is 7.05 Å². The van der Waals surface area contributed by atoms with Crippen LogP contribution in [0.5, 0.6) is 0 Å². The first-order valence-electron chi connectivity index (χ1n) is 4.62. The van der Waals surface area contributed by atoms with Crippen molar-refractivity contribution < 1.29 is 9.34 Å². The molecule has 0 bridgehead atoms. The van der Waals surface area contributed by atoms with Crippen LogP contribution in [0.25, 0.3) is 12.2 Å². The minimum absolute atomic E-state index is 0.309. The van der Waals surface area contributed by atoms with Gasteiger partial charge in [0.05, 0.1) is 6.07 Å². The van der Waals surface area contributed by atoms with Gasteiger partial charge in [0.1, 0.15) is 10.7 Å². The van der Waals surface area contributed by atoms with Crippen molar-refractivity contribution in [2.75, 3.05) is 0 Å². The summed E-state index contributed by atoms with van der Waals surface area (Å²) in [6, 6.07) is 2.70. The first-order valence-corrected chi connectivity index (χ1v) is 4.62. The third kappa shape index (κ3) is 2.30. The molecule has 0 spiro atoms. The molecule has 0 saturated heterocycles. The minimum Gasteiger partial charge on any atom is -0.401 e. The Kier molecular flexibility index (Phi) is 2.61. The van der Waals surface area contributed by atoms with E-state index in [2.05, 4.69) is 10.1 Å². The van der Waals surface area contributed by atoms with E-state index in [1.54, 1.807) is 0 Å². The predicted molar refractivity (Wildman–Crippen MR) is 58.1 cm³/mol. The van der Waals surface area contributed by atoms with Gasteiger partial charge in [-0.05, 0) is 18.2 Å². The summed E-state index contributed by atoms with van der Waals surface area (Å²) in [6.07, 6.45) is 2.97. The van der Waals surface area contributed by atoms with Crippen LogP contribution in [-0.2, 0) is 7.05 Å². The number of H-pyrrole nitrogens is 1. The molecular formula is C9H8N4O4. The Morgan fingerprint density at radius 1 is 1.53 bits per heavy atom. The lowest BCUT2D eigenvalue weighted by Gasteiger charge is -1.84. The fraction of sp³-hybridized carbons (Fsp3) is 0.111. The van der Waals surface area contributed by atoms with Gasteiger partial charge in [0.2, 0.25) is 0 Å². The van der Waals surface area contributed by atoms with Crippen LogP contribution in [-0.4, -0.2) is 19.7 Å². The van der Waals surface area contributed by atoms with E-state index >= 15 is 0 Å². The molecule has 0 aliphatic carbocycles. The Balaban J connectivity index is 2.19. The first kappa shape index (κ1) is 10.9. The van der Waals surface area contributed by atoms with Gasteiger partial charge in [-0.1, -0.05) is 0 Å². The van der Waals surface area contributed by atoms with Gasteiger partial charge in [-0.25, -0.2) is 9.48 Å². The Bertz CT molecular complexity index is 633. The zero-order valence-electron chi connectivity index (χ0n) is 8.78. The minimum atomic E-state index is -0.625. The van der Waals surface area contributed by atoms with E-state index in [1.165, 1.54) is 31.3 Å². The van der Waals surface area contributed by atoms with Crippen molar-refractivity contribution in [1.29, 1.82) is 0 Å². The molecule has 2 aromatic heterocycles. The van der Waals surface area contributed by atoms with Crippen LogP contribution in [0.3, 0.4) is 0 Å². The quantitative estimate of drug-likeness (QED) is 0.625. The highest BCUT2D eigenvalue weighted by Gasteiger charge is 2.09. The highest BCUT2D eigenvalue weighted by atomic mass is 16.6. The SMILES string of the molecule is Cn1nc(/C=C/c2ccc([N+](=O)[O-])o2)[nH]c1=O. The van der Waals surface area contributed by atoms with E-state index in [0.717, 1.165) is 4.68 Å². The topological polar surface area (TPSA) is 107 Å². The number of hydrogen-bond donors (Lipinski definition) is 1. The molecule has 0 atom stereocenters. The zero-order chi connectivity index (χ0) is 12.4. The normalized spacial score (nSPS) is 11.1. The van der Waals surface area contributed by atoms with Gasteiger partial charge in [-0.3, -0.25) is 15.1 Å². The Labute approximate surface area is 94.3 Å². The number of hydrogen-bond acceptors (Lipinski definition) is 5. The Morgan fingerprint density at radius 3 is 2.82 bits per heavy atom. The van der Waals surface area contributed by atoms with Crippen molar-refractivity contribution in [2.45, 2.75) is 0 Å². The number of rotatable bonds is 3. The average Bonchev–Trinajstić information content (AvgIpc) is 2.84. The average molecular weight is 236 g/mol. The lowest BCUT2D eigenvalue weighted by atomic mass is 10.4. The molecule has 1 N–H and O–H groups in total. The second kappa shape index (κ2) is 4.08. The van der Waals surface area contributed by atoms with Crippen molar-refractivity contribution in [1.82, 2.24) is 14.8 Å². The molecule has 2 rings (SSSR count). The summed E-state index contributed by atoms with van der Waals surface area (Å²) in [4.78, 5) is 23.3. The Hall–Kier alpha value is -2.64. The van der Waals surface area contributed by atoms with Crippen molar-refractivity contribution in [3.63, 3.8) is 0 Å². The highest BCUT2D eigenvalue weighted by molar-refractivity contribution is 5.63. The van der Waals surface area contributed by atoms with E-state index in [1.807, 2.05) is 0 Å². The van der Waals surface area contributed by atoms with E-state index < -0.39 is 4.92 Å². The van der Waals surface area contributed by atoms with Crippen LogP contribution in [0.1, 0.15) is 11.6 Å². The largest absolute Gasteiger partial charge is 0.433 e. The molecular weight excluding hydrogens is 228 g/mol. The fourth-order valence-corrected chi connectivity index (χ4v) is 1.19. The molecule has 8 heteroatoms. The fourth-order valence-electron chi connectivity index (χ4n) is 1.19. The third-order valence-corrected chi connectivity index (χ3v) is 1.98. The van der Waals surface area contributed by atoms with Crippen LogP contribution in [0, 0.1) is 10.1 Å². The molecule has 88 valence electrons. The molecule has 2 heterocycles. The molecule has 2 aromatic rings. The maximum Gasteiger partial charge on any atom is 0.433 e. The van der Waals surface area contributed by atoms with Gasteiger partial charge in [-0.2, -0.15) is 5.10 Å². The van der Waals surface area contributed by atoms with E-state index in [-0.39, 0.29) is 11.6 Å². The number of nitrogens with zero attached hydrogens (tertiary/aromatic N) is 3. The summed E-state index contributed by atoms with van der Waals surface area (Å²) < 4.78 is 6.03. The van der Waals surface area contributed by atoms with Crippen LogP contribution in [0.15, 0.2) is 21.3 Å². The zero-order valence-corrected chi connectivity index (χ0v) is 8.78. The van der Waals surface area contributed by atoms with E-state index in [9.17, 15) is 14.9 Å². The summed E-state index contributed by atoms with van der Waals surface area (Å²) in [5.41, 5.74) is -0.338. The van der Waals surface area contributed by atoms with Gasteiger partial charge in [-0.15, -0.1) is 0 Å². The standard InChI is InChI=1S/C9H8N4O4/c1-12-9(14)10-7(11-12)4-2-6-3-5-8(17-6)13(15)16/h2-5H,1H3,(H,10,11,14)/b4-2+. The number of nitrogens with one attached hydrogen (secondary N) is 1. The highest BCUT2D eigenvalue weighted by Crippen LogP contribution is 2.17. The monoisotopic (exact) mass is 236 g/mol. The summed E-state index contributed by atoms with van der Waals surface area (Å²) in [5.74, 6) is 0.318. The maximum absolute atomic E-state index is 11.0. The van der Waals surface area contributed by atoms with Crippen LogP contribution < -0.4 is 5.69 Å². The lowest BCUT2D eigenvalue weighted by molar-refractivity contribution is -0.402. The summed E-state index contributed by atoms with van der Waals surface area (Å²) in [5, 5.41) is 14.2. The summed E-state index contributed by atoms with van der Waals surface area (Å²) >= 11 is 0. The summed E-state index contributed by atoms with van der Waals surface area (Å²) in [7, 11) is 1.51. The molecule has 0 saturated carbocycles. The van der Waals surface area contributed by atoms with Crippen LogP contribution in [0.2, 0.25) is 0 Å². The van der Waals surface area contributed by atoms with E-state index in [4.69, 9.17) is 4.42 Å². The predicted octanol–water partition coefficient (Wildman–Crippen LogP) is 0.780. The molecule has 8 nitrogen and oxygen atoms in total. The smallest absolute Gasteiger partial charge is 0.401 e. The molecule has 0 amide bonds. The molecule has 0 aliphatic heterocycles. The molecule has 0 aromatic carbocycles. The second-order valence-corrected chi connectivity index (χ2v) is 3.21. The third-order valence-electron chi connectivity index (χ3n) is 1.98. The summed E-state index contributed by atoms with van der Waals surface area (Å²) in [6.45, 7) is 0. The molecule has 0 aliphatic rings.